The molecule has 0 N–H and O–H groups in total. The fourth-order valence-corrected chi connectivity index (χ4v) is 3.51. The Balaban J connectivity index is 1.43. The summed E-state index contributed by atoms with van der Waals surface area (Å²) in [6, 6.07) is 4.77. The van der Waals surface area contributed by atoms with Gasteiger partial charge in [-0.3, -0.25) is 9.59 Å². The van der Waals surface area contributed by atoms with Gasteiger partial charge in [-0.05, 0) is 35.5 Å². The largest absolute Gasteiger partial charge is 0.416 e. The average molecular weight is 448 g/mol. The third kappa shape index (κ3) is 4.31. The van der Waals surface area contributed by atoms with Crippen molar-refractivity contribution >= 4 is 11.8 Å². The highest BCUT2D eigenvalue weighted by Crippen LogP contribution is 2.30. The number of rotatable bonds is 4. The Kier molecular flexibility index (Phi) is 5.63. The predicted octanol–water partition coefficient (Wildman–Crippen LogP) is 1.17. The number of alkyl halides is 3. The molecule has 0 aliphatic carbocycles. The van der Waals surface area contributed by atoms with Crippen molar-refractivity contribution in [3.63, 3.8) is 0 Å². The number of carbonyl (C=O) groups excluding carboxylic acids is 2. The summed E-state index contributed by atoms with van der Waals surface area (Å²) < 4.78 is 41.7. The molecule has 3 aromatic rings. The van der Waals surface area contributed by atoms with Crippen LogP contribution in [-0.4, -0.2) is 77.8 Å². The summed E-state index contributed by atoms with van der Waals surface area (Å²) in [4.78, 5) is 28.5. The quantitative estimate of drug-likeness (QED) is 0.594. The summed E-state index contributed by atoms with van der Waals surface area (Å²) in [6.45, 7) is 3.01. The van der Waals surface area contributed by atoms with E-state index in [1.807, 2.05) is 0 Å². The molecule has 168 valence electrons. The Hall–Kier alpha value is -3.77. The molecule has 32 heavy (non-hydrogen) atoms. The monoisotopic (exact) mass is 448 g/mol. The summed E-state index contributed by atoms with van der Waals surface area (Å²) in [5, 5.41) is 14.8. The lowest BCUT2D eigenvalue weighted by Crippen LogP contribution is -2.51. The van der Waals surface area contributed by atoms with Gasteiger partial charge in [0, 0.05) is 26.2 Å². The molecule has 13 heteroatoms. The lowest BCUT2D eigenvalue weighted by atomic mass is 10.1. The van der Waals surface area contributed by atoms with Gasteiger partial charge in [-0.25, -0.2) is 9.36 Å². The van der Waals surface area contributed by atoms with Crippen LogP contribution in [0.5, 0.6) is 0 Å². The van der Waals surface area contributed by atoms with E-state index in [-0.39, 0.29) is 24.0 Å². The molecule has 1 saturated heterocycles. The Morgan fingerprint density at radius 3 is 2.47 bits per heavy atom. The van der Waals surface area contributed by atoms with Crippen molar-refractivity contribution in [1.82, 2.24) is 39.8 Å². The van der Waals surface area contributed by atoms with Crippen LogP contribution in [-0.2, 0) is 17.5 Å². The molecule has 0 spiro atoms. The molecule has 0 radical (unpaired) electrons. The van der Waals surface area contributed by atoms with Crippen molar-refractivity contribution in [2.24, 2.45) is 0 Å². The maximum Gasteiger partial charge on any atom is 0.416 e. The molecular formula is C19H19F3N8O2. The number of benzene rings is 1. The summed E-state index contributed by atoms with van der Waals surface area (Å²) >= 11 is 0. The molecule has 0 atom stereocenters. The van der Waals surface area contributed by atoms with Gasteiger partial charge in [-0.15, -0.1) is 5.10 Å². The van der Waals surface area contributed by atoms with Gasteiger partial charge >= 0.3 is 6.18 Å². The van der Waals surface area contributed by atoms with Gasteiger partial charge in [0.1, 0.15) is 12.9 Å². The normalized spacial score (nSPS) is 14.6. The summed E-state index contributed by atoms with van der Waals surface area (Å²) in [7, 11) is 0. The first-order chi connectivity index (χ1) is 15.2. The molecule has 1 aliphatic rings. The minimum atomic E-state index is -4.47. The van der Waals surface area contributed by atoms with E-state index in [0.29, 0.717) is 37.4 Å². The van der Waals surface area contributed by atoms with E-state index < -0.39 is 11.7 Å². The SMILES string of the molecule is Cc1c(C(=O)N2CCN(C(=O)Cn3cnnn3)CC2)cnn1-c1cccc(C(F)(F)F)c1. The van der Waals surface area contributed by atoms with Crippen LogP contribution in [0.15, 0.2) is 36.8 Å². The highest BCUT2D eigenvalue weighted by molar-refractivity contribution is 5.95. The van der Waals surface area contributed by atoms with Crippen molar-refractivity contribution < 1.29 is 22.8 Å². The zero-order valence-electron chi connectivity index (χ0n) is 17.0. The number of amides is 2. The van der Waals surface area contributed by atoms with Crippen LogP contribution >= 0.6 is 0 Å². The number of halogens is 3. The van der Waals surface area contributed by atoms with E-state index in [4.69, 9.17) is 0 Å². The lowest BCUT2D eigenvalue weighted by Gasteiger charge is -2.34. The molecule has 1 aromatic carbocycles. The van der Waals surface area contributed by atoms with Gasteiger partial charge in [-0.2, -0.15) is 18.3 Å². The number of aromatic nitrogens is 6. The van der Waals surface area contributed by atoms with Crippen LogP contribution in [0.3, 0.4) is 0 Å². The van der Waals surface area contributed by atoms with Crippen LogP contribution in [0, 0.1) is 6.92 Å². The molecule has 0 unspecified atom stereocenters. The summed E-state index contributed by atoms with van der Waals surface area (Å²) in [5.74, 6) is -0.439. The first-order valence-electron chi connectivity index (χ1n) is 9.74. The molecular weight excluding hydrogens is 429 g/mol. The second-order valence-electron chi connectivity index (χ2n) is 7.28. The minimum Gasteiger partial charge on any atom is -0.338 e. The van der Waals surface area contributed by atoms with Crippen molar-refractivity contribution in [3.8, 4) is 5.69 Å². The maximum atomic E-state index is 13.0. The second kappa shape index (κ2) is 8.40. The van der Waals surface area contributed by atoms with E-state index in [2.05, 4.69) is 20.6 Å². The third-order valence-electron chi connectivity index (χ3n) is 5.27. The number of tetrazole rings is 1. The van der Waals surface area contributed by atoms with Crippen molar-refractivity contribution in [1.29, 1.82) is 0 Å². The van der Waals surface area contributed by atoms with Gasteiger partial charge in [0.15, 0.2) is 0 Å². The fourth-order valence-electron chi connectivity index (χ4n) is 3.51. The Bertz CT molecular complexity index is 1120. The average Bonchev–Trinajstić information content (AvgIpc) is 3.42. The smallest absolute Gasteiger partial charge is 0.338 e. The highest BCUT2D eigenvalue weighted by atomic mass is 19.4. The van der Waals surface area contributed by atoms with Gasteiger partial charge in [0.2, 0.25) is 5.91 Å². The predicted molar refractivity (Wildman–Crippen MR) is 104 cm³/mol. The number of nitrogens with zero attached hydrogens (tertiary/aromatic N) is 8. The Morgan fingerprint density at radius 2 is 1.81 bits per heavy atom. The number of hydrogen-bond acceptors (Lipinski definition) is 6. The van der Waals surface area contributed by atoms with E-state index >= 15 is 0 Å². The summed E-state index contributed by atoms with van der Waals surface area (Å²) in [5.41, 5.74) is 0.164. The Morgan fingerprint density at radius 1 is 1.09 bits per heavy atom. The van der Waals surface area contributed by atoms with E-state index in [1.165, 1.54) is 34.0 Å². The van der Waals surface area contributed by atoms with Crippen LogP contribution < -0.4 is 0 Å². The van der Waals surface area contributed by atoms with Crippen LogP contribution in [0.2, 0.25) is 0 Å². The lowest BCUT2D eigenvalue weighted by molar-refractivity contribution is -0.137. The minimum absolute atomic E-state index is 0.0177. The molecule has 1 fully saturated rings. The molecule has 3 heterocycles. The third-order valence-corrected chi connectivity index (χ3v) is 5.27. The topological polar surface area (TPSA) is 102 Å². The number of carbonyl (C=O) groups is 2. The van der Waals surface area contributed by atoms with E-state index in [0.717, 1.165) is 12.1 Å². The summed E-state index contributed by atoms with van der Waals surface area (Å²) in [6.07, 6.45) is -1.77. The Labute approximate surface area is 180 Å². The van der Waals surface area contributed by atoms with E-state index in [1.54, 1.807) is 16.7 Å². The molecule has 2 aromatic heterocycles. The standard InChI is InChI=1S/C19H19F3N8O2/c1-13-16(10-24-30(13)15-4-2-3-14(9-15)19(20,21)22)18(32)28-7-5-27(6-8-28)17(31)11-29-12-23-25-26-29/h2-4,9-10,12H,5-8,11H2,1H3. The zero-order chi connectivity index (χ0) is 22.9. The van der Waals surface area contributed by atoms with Crippen LogP contribution in [0.4, 0.5) is 13.2 Å². The molecule has 4 rings (SSSR count). The van der Waals surface area contributed by atoms with Crippen LogP contribution in [0.25, 0.3) is 5.69 Å². The molecule has 0 saturated carbocycles. The zero-order valence-corrected chi connectivity index (χ0v) is 17.0. The highest BCUT2D eigenvalue weighted by Gasteiger charge is 2.31. The van der Waals surface area contributed by atoms with Gasteiger partial charge in [-0.1, -0.05) is 6.07 Å². The van der Waals surface area contributed by atoms with Crippen molar-refractivity contribution in [2.45, 2.75) is 19.6 Å². The molecule has 1 aliphatic heterocycles. The maximum absolute atomic E-state index is 13.0. The first-order valence-corrected chi connectivity index (χ1v) is 9.74. The molecule has 0 bridgehead atoms. The molecule has 10 nitrogen and oxygen atoms in total. The van der Waals surface area contributed by atoms with Crippen molar-refractivity contribution in [3.05, 3.63) is 53.6 Å². The van der Waals surface area contributed by atoms with Gasteiger partial charge in [0.05, 0.1) is 28.7 Å². The number of hydrogen-bond donors (Lipinski definition) is 0. The van der Waals surface area contributed by atoms with Gasteiger partial charge in [0.25, 0.3) is 5.91 Å². The van der Waals surface area contributed by atoms with E-state index in [9.17, 15) is 22.8 Å². The first kappa shape index (κ1) is 21.5. The molecule has 2 amide bonds. The fraction of sp³-hybridized carbons (Fsp3) is 0.368. The van der Waals surface area contributed by atoms with Gasteiger partial charge < -0.3 is 9.80 Å². The van der Waals surface area contributed by atoms with Crippen LogP contribution in [0.1, 0.15) is 21.6 Å². The second-order valence-corrected chi connectivity index (χ2v) is 7.28. The van der Waals surface area contributed by atoms with Crippen molar-refractivity contribution in [2.75, 3.05) is 26.2 Å². The number of piperazine rings is 1.